The zero-order chi connectivity index (χ0) is 19.9. The lowest BCUT2D eigenvalue weighted by molar-refractivity contribution is -0.111. The summed E-state index contributed by atoms with van der Waals surface area (Å²) in [4.78, 5) is 18.7. The van der Waals surface area contributed by atoms with E-state index in [9.17, 15) is 4.79 Å². The molecule has 0 atom stereocenters. The number of aromatic amines is 1. The Morgan fingerprint density at radius 3 is 2.75 bits per heavy atom. The second kappa shape index (κ2) is 9.25. The minimum absolute atomic E-state index is 0.0535. The highest BCUT2D eigenvalue weighted by Gasteiger charge is 2.15. The summed E-state index contributed by atoms with van der Waals surface area (Å²) in [5.74, 6) is 1.98. The standard InChI is InChI=1S/C20H27N5O3/c1-14(2)28-16-9-7-15(13-17(16)27-3)8-10-18(26)21-19-22-20(24-23-19)25-11-5-4-6-12-25/h7-10,13-14H,4-6,11-12H2,1-3H3,(H2,21,22,23,24,26)/b10-8+. The summed E-state index contributed by atoms with van der Waals surface area (Å²) < 4.78 is 11.1. The Balaban J connectivity index is 1.60. The molecule has 2 heterocycles. The number of ether oxygens (including phenoxy) is 2. The van der Waals surface area contributed by atoms with Crippen LogP contribution in [0.2, 0.25) is 0 Å². The molecule has 8 heteroatoms. The number of aromatic nitrogens is 3. The number of carbonyl (C=O) groups is 1. The molecule has 0 aliphatic carbocycles. The van der Waals surface area contributed by atoms with E-state index >= 15 is 0 Å². The first-order valence-corrected chi connectivity index (χ1v) is 9.56. The van der Waals surface area contributed by atoms with E-state index in [2.05, 4.69) is 25.4 Å². The molecule has 1 fully saturated rings. The van der Waals surface area contributed by atoms with Crippen LogP contribution in [0.3, 0.4) is 0 Å². The number of nitrogens with one attached hydrogen (secondary N) is 2. The van der Waals surface area contributed by atoms with Gasteiger partial charge in [0.05, 0.1) is 13.2 Å². The molecule has 2 N–H and O–H groups in total. The van der Waals surface area contributed by atoms with E-state index < -0.39 is 0 Å². The van der Waals surface area contributed by atoms with E-state index in [1.807, 2.05) is 32.0 Å². The molecule has 28 heavy (non-hydrogen) atoms. The van der Waals surface area contributed by atoms with Gasteiger partial charge in [-0.2, -0.15) is 4.98 Å². The molecule has 1 aliphatic rings. The Morgan fingerprint density at radius 1 is 1.25 bits per heavy atom. The Morgan fingerprint density at radius 2 is 2.04 bits per heavy atom. The monoisotopic (exact) mass is 385 g/mol. The van der Waals surface area contributed by atoms with Crippen molar-refractivity contribution in [2.75, 3.05) is 30.4 Å². The van der Waals surface area contributed by atoms with Gasteiger partial charge in [0.1, 0.15) is 0 Å². The average molecular weight is 385 g/mol. The number of anilines is 2. The molecule has 3 rings (SSSR count). The number of piperidine rings is 1. The van der Waals surface area contributed by atoms with Gasteiger partial charge in [0.25, 0.3) is 5.91 Å². The molecule has 0 radical (unpaired) electrons. The molecule has 1 saturated heterocycles. The summed E-state index contributed by atoms with van der Waals surface area (Å²) in [6, 6.07) is 5.52. The van der Waals surface area contributed by atoms with Gasteiger partial charge >= 0.3 is 0 Å². The van der Waals surface area contributed by atoms with Crippen molar-refractivity contribution in [1.82, 2.24) is 15.2 Å². The number of rotatable bonds is 7. The van der Waals surface area contributed by atoms with Crippen molar-refractivity contribution in [3.63, 3.8) is 0 Å². The van der Waals surface area contributed by atoms with Crippen LogP contribution < -0.4 is 19.7 Å². The van der Waals surface area contributed by atoms with Crippen LogP contribution in [0.25, 0.3) is 6.08 Å². The Kier molecular flexibility index (Phi) is 6.52. The topological polar surface area (TPSA) is 92.4 Å². The van der Waals surface area contributed by atoms with Crippen LogP contribution in [0.15, 0.2) is 24.3 Å². The molecule has 0 spiro atoms. The minimum atomic E-state index is -0.289. The fourth-order valence-corrected chi connectivity index (χ4v) is 3.01. The normalized spacial score (nSPS) is 14.5. The van der Waals surface area contributed by atoms with Crippen molar-refractivity contribution >= 4 is 23.9 Å². The number of amides is 1. The first-order valence-electron chi connectivity index (χ1n) is 9.56. The van der Waals surface area contributed by atoms with E-state index in [1.165, 1.54) is 12.5 Å². The van der Waals surface area contributed by atoms with Crippen LogP contribution in [0.5, 0.6) is 11.5 Å². The summed E-state index contributed by atoms with van der Waals surface area (Å²) in [6.07, 6.45) is 6.73. The predicted octanol–water partition coefficient (Wildman–Crippen LogP) is 3.24. The summed E-state index contributed by atoms with van der Waals surface area (Å²) in [5.41, 5.74) is 0.828. The van der Waals surface area contributed by atoms with Gasteiger partial charge in [0.2, 0.25) is 11.9 Å². The summed E-state index contributed by atoms with van der Waals surface area (Å²) >= 11 is 0. The number of methoxy groups -OCH3 is 1. The fraction of sp³-hybridized carbons (Fsp3) is 0.450. The van der Waals surface area contributed by atoms with Crippen LogP contribution in [0.4, 0.5) is 11.9 Å². The lowest BCUT2D eigenvalue weighted by atomic mass is 10.1. The van der Waals surface area contributed by atoms with Gasteiger partial charge < -0.3 is 14.4 Å². The van der Waals surface area contributed by atoms with E-state index in [0.717, 1.165) is 31.5 Å². The molecule has 8 nitrogen and oxygen atoms in total. The van der Waals surface area contributed by atoms with Gasteiger partial charge in [-0.1, -0.05) is 6.07 Å². The zero-order valence-electron chi connectivity index (χ0n) is 16.6. The quantitative estimate of drug-likeness (QED) is 0.711. The number of H-pyrrole nitrogens is 1. The average Bonchev–Trinajstić information content (AvgIpc) is 3.16. The molecule has 1 aliphatic heterocycles. The largest absolute Gasteiger partial charge is 0.493 e. The lowest BCUT2D eigenvalue weighted by Gasteiger charge is -2.24. The fourth-order valence-electron chi connectivity index (χ4n) is 3.01. The van der Waals surface area contributed by atoms with Gasteiger partial charge in [0.15, 0.2) is 11.5 Å². The molecular formula is C20H27N5O3. The summed E-state index contributed by atoms with van der Waals surface area (Å²) in [7, 11) is 1.59. The predicted molar refractivity (Wildman–Crippen MR) is 109 cm³/mol. The van der Waals surface area contributed by atoms with Gasteiger partial charge in [-0.05, 0) is 56.9 Å². The van der Waals surface area contributed by atoms with Gasteiger partial charge in [-0.15, -0.1) is 5.10 Å². The van der Waals surface area contributed by atoms with E-state index in [-0.39, 0.29) is 12.0 Å². The molecule has 1 aromatic heterocycles. The number of nitrogens with zero attached hydrogens (tertiary/aromatic N) is 3. The highest BCUT2D eigenvalue weighted by molar-refractivity contribution is 6.01. The second-order valence-corrected chi connectivity index (χ2v) is 6.93. The first-order chi connectivity index (χ1) is 13.5. The van der Waals surface area contributed by atoms with Gasteiger partial charge in [-0.25, -0.2) is 5.10 Å². The van der Waals surface area contributed by atoms with E-state index in [1.54, 1.807) is 13.2 Å². The van der Waals surface area contributed by atoms with Crippen LogP contribution in [-0.2, 0) is 4.79 Å². The van der Waals surface area contributed by atoms with Crippen molar-refractivity contribution in [1.29, 1.82) is 0 Å². The molecule has 0 unspecified atom stereocenters. The first kappa shape index (κ1) is 19.7. The molecule has 0 bridgehead atoms. The summed E-state index contributed by atoms with van der Waals surface area (Å²) in [6.45, 7) is 5.81. The van der Waals surface area contributed by atoms with Crippen molar-refractivity contribution < 1.29 is 14.3 Å². The maximum absolute atomic E-state index is 12.2. The molecule has 1 amide bonds. The SMILES string of the molecule is COc1cc(/C=C/C(=O)Nc2nc(N3CCCCC3)n[nH]2)ccc1OC(C)C. The molecule has 150 valence electrons. The van der Waals surface area contributed by atoms with Crippen molar-refractivity contribution in [3.05, 3.63) is 29.8 Å². The second-order valence-electron chi connectivity index (χ2n) is 6.93. The van der Waals surface area contributed by atoms with Crippen LogP contribution in [0, 0.1) is 0 Å². The highest BCUT2D eigenvalue weighted by Crippen LogP contribution is 2.29. The third-order valence-electron chi connectivity index (χ3n) is 4.33. The van der Waals surface area contributed by atoms with Crippen molar-refractivity contribution in [3.8, 4) is 11.5 Å². The lowest BCUT2D eigenvalue weighted by Crippen LogP contribution is -2.30. The van der Waals surface area contributed by atoms with E-state index in [0.29, 0.717) is 23.4 Å². The number of hydrogen-bond acceptors (Lipinski definition) is 6. The molecule has 1 aromatic carbocycles. The molecule has 2 aromatic rings. The van der Waals surface area contributed by atoms with Gasteiger partial charge in [0, 0.05) is 19.2 Å². The van der Waals surface area contributed by atoms with Gasteiger partial charge in [-0.3, -0.25) is 10.1 Å². The number of hydrogen-bond donors (Lipinski definition) is 2. The third-order valence-corrected chi connectivity index (χ3v) is 4.33. The van der Waals surface area contributed by atoms with E-state index in [4.69, 9.17) is 9.47 Å². The van der Waals surface area contributed by atoms with Crippen molar-refractivity contribution in [2.24, 2.45) is 0 Å². The highest BCUT2D eigenvalue weighted by atomic mass is 16.5. The Labute approximate surface area is 164 Å². The molecular weight excluding hydrogens is 358 g/mol. The van der Waals surface area contributed by atoms with Crippen LogP contribution >= 0.6 is 0 Å². The zero-order valence-corrected chi connectivity index (χ0v) is 16.6. The van der Waals surface area contributed by atoms with Crippen LogP contribution in [0.1, 0.15) is 38.7 Å². The Hall–Kier alpha value is -3.03. The number of carbonyl (C=O) groups excluding carboxylic acids is 1. The molecule has 0 saturated carbocycles. The summed E-state index contributed by atoms with van der Waals surface area (Å²) in [5, 5.41) is 9.66. The third kappa shape index (κ3) is 5.25. The Bertz CT molecular complexity index is 825. The van der Waals surface area contributed by atoms with Crippen LogP contribution in [-0.4, -0.2) is 47.4 Å². The number of benzene rings is 1. The minimum Gasteiger partial charge on any atom is -0.493 e. The maximum atomic E-state index is 12.2. The maximum Gasteiger partial charge on any atom is 0.250 e. The smallest absolute Gasteiger partial charge is 0.250 e. The van der Waals surface area contributed by atoms with Crippen molar-refractivity contribution in [2.45, 2.75) is 39.2 Å².